The van der Waals surface area contributed by atoms with Gasteiger partial charge in [-0.3, -0.25) is 9.59 Å². The summed E-state index contributed by atoms with van der Waals surface area (Å²) >= 11 is 1.10. The lowest BCUT2D eigenvalue weighted by Gasteiger charge is -2.10. The Labute approximate surface area is 169 Å². The number of fused-ring (bicyclic) bond motifs is 1. The number of nitrogens with zero attached hydrogens (tertiary/aromatic N) is 1. The van der Waals surface area contributed by atoms with Gasteiger partial charge in [-0.2, -0.15) is 0 Å². The number of carbonyl (C=O) groups is 2. The van der Waals surface area contributed by atoms with E-state index in [1.165, 1.54) is 25.3 Å². The van der Waals surface area contributed by atoms with Crippen molar-refractivity contribution in [3.63, 3.8) is 0 Å². The first-order chi connectivity index (χ1) is 14.0. The molecule has 29 heavy (non-hydrogen) atoms. The first-order valence-electron chi connectivity index (χ1n) is 8.58. The second-order valence-corrected chi connectivity index (χ2v) is 7.07. The molecule has 0 saturated heterocycles. The molecule has 0 bridgehead atoms. The zero-order chi connectivity index (χ0) is 20.4. The lowest BCUT2D eigenvalue weighted by atomic mass is 10.1. The van der Waals surface area contributed by atoms with Crippen LogP contribution < -0.4 is 14.8 Å². The molecule has 148 valence electrons. The van der Waals surface area contributed by atoms with Gasteiger partial charge in [-0.1, -0.05) is 11.8 Å². The third-order valence-corrected chi connectivity index (χ3v) is 4.95. The van der Waals surface area contributed by atoms with E-state index >= 15 is 0 Å². The number of rotatable bonds is 6. The van der Waals surface area contributed by atoms with Crippen LogP contribution in [0.5, 0.6) is 11.5 Å². The van der Waals surface area contributed by atoms with Gasteiger partial charge in [0.15, 0.2) is 23.0 Å². The van der Waals surface area contributed by atoms with E-state index in [0.717, 1.165) is 11.8 Å². The summed E-state index contributed by atoms with van der Waals surface area (Å²) in [6.45, 7) is 1.48. The molecule has 0 radical (unpaired) electrons. The molecule has 1 N–H and O–H groups in total. The summed E-state index contributed by atoms with van der Waals surface area (Å²) in [4.78, 5) is 28.4. The highest BCUT2D eigenvalue weighted by atomic mass is 32.2. The molecular formula is C20H15FN2O5S. The molecular weight excluding hydrogens is 399 g/mol. The number of ketones is 1. The Bertz CT molecular complexity index is 1080. The number of thioether (sulfide) groups is 1. The molecule has 9 heteroatoms. The summed E-state index contributed by atoms with van der Waals surface area (Å²) in [6.07, 6.45) is 1.51. The van der Waals surface area contributed by atoms with Gasteiger partial charge in [0.05, 0.1) is 17.6 Å². The fraction of sp³-hybridized carbons (Fsp3) is 0.150. The van der Waals surface area contributed by atoms with Crippen LogP contribution >= 0.6 is 11.8 Å². The third-order valence-electron chi connectivity index (χ3n) is 4.11. The standard InChI is InChI=1S/C20H15FN2O5S/c1-11(24)14-6-16-17(27-10-26-16)7-15(14)23-19(25)9-29-20-22-8-18(28-20)12-2-4-13(21)5-3-12/h2-8H,9-10H2,1H3,(H,23,25). The van der Waals surface area contributed by atoms with Crippen LogP contribution in [0.2, 0.25) is 0 Å². The van der Waals surface area contributed by atoms with Crippen LogP contribution in [0.3, 0.4) is 0 Å². The highest BCUT2D eigenvalue weighted by Crippen LogP contribution is 2.37. The molecule has 3 aromatic rings. The minimum Gasteiger partial charge on any atom is -0.454 e. The van der Waals surface area contributed by atoms with Crippen molar-refractivity contribution in [3.05, 3.63) is 54.0 Å². The summed E-state index contributed by atoms with van der Waals surface area (Å²) < 4.78 is 29.2. The van der Waals surface area contributed by atoms with Crippen molar-refractivity contribution < 1.29 is 27.9 Å². The number of benzene rings is 2. The van der Waals surface area contributed by atoms with Crippen molar-refractivity contribution in [1.29, 1.82) is 0 Å². The highest BCUT2D eigenvalue weighted by Gasteiger charge is 2.20. The normalized spacial score (nSPS) is 12.1. The first kappa shape index (κ1) is 19.0. The molecule has 7 nitrogen and oxygen atoms in total. The number of amides is 1. The predicted molar refractivity (Wildman–Crippen MR) is 104 cm³/mol. The van der Waals surface area contributed by atoms with Gasteiger partial charge in [0, 0.05) is 17.2 Å². The average molecular weight is 414 g/mol. The Balaban J connectivity index is 1.41. The highest BCUT2D eigenvalue weighted by molar-refractivity contribution is 7.99. The van der Waals surface area contributed by atoms with E-state index in [0.29, 0.717) is 39.3 Å². The quantitative estimate of drug-likeness (QED) is 0.479. The van der Waals surface area contributed by atoms with Crippen LogP contribution in [0.15, 0.2) is 52.2 Å². The molecule has 1 amide bonds. The van der Waals surface area contributed by atoms with E-state index in [1.54, 1.807) is 24.3 Å². The molecule has 0 aliphatic carbocycles. The summed E-state index contributed by atoms with van der Waals surface area (Å²) in [5.41, 5.74) is 1.37. The zero-order valence-corrected chi connectivity index (χ0v) is 16.0. The van der Waals surface area contributed by atoms with Gasteiger partial charge in [-0.15, -0.1) is 0 Å². The minimum atomic E-state index is -0.340. The fourth-order valence-corrected chi connectivity index (χ4v) is 3.33. The maximum Gasteiger partial charge on any atom is 0.256 e. The van der Waals surface area contributed by atoms with E-state index < -0.39 is 0 Å². The number of anilines is 1. The Kier molecular flexibility index (Phi) is 5.22. The number of oxazole rings is 1. The molecule has 1 aliphatic rings. The van der Waals surface area contributed by atoms with Gasteiger partial charge in [-0.05, 0) is 37.3 Å². The summed E-state index contributed by atoms with van der Waals surface area (Å²) in [5.74, 6) is 0.552. The van der Waals surface area contributed by atoms with E-state index in [9.17, 15) is 14.0 Å². The van der Waals surface area contributed by atoms with Gasteiger partial charge >= 0.3 is 0 Å². The van der Waals surface area contributed by atoms with Gasteiger partial charge in [0.1, 0.15) is 5.82 Å². The molecule has 0 fully saturated rings. The predicted octanol–water partition coefficient (Wildman–Crippen LogP) is 4.14. The number of halogens is 1. The van der Waals surface area contributed by atoms with Crippen LogP contribution in [-0.4, -0.2) is 29.2 Å². The Morgan fingerprint density at radius 2 is 1.90 bits per heavy atom. The average Bonchev–Trinajstić information content (AvgIpc) is 3.35. The Morgan fingerprint density at radius 3 is 2.62 bits per heavy atom. The molecule has 2 heterocycles. The summed E-state index contributed by atoms with van der Waals surface area (Å²) in [5, 5.41) is 3.01. The molecule has 0 atom stereocenters. The van der Waals surface area contributed by atoms with Gasteiger partial charge in [0.2, 0.25) is 12.7 Å². The SMILES string of the molecule is CC(=O)c1cc2c(cc1NC(=O)CSc1ncc(-c3ccc(F)cc3)o1)OCO2. The second kappa shape index (κ2) is 7.96. The maximum atomic E-state index is 13.0. The second-order valence-electron chi connectivity index (χ2n) is 6.14. The lowest BCUT2D eigenvalue weighted by molar-refractivity contribution is -0.113. The summed E-state index contributed by atoms with van der Waals surface area (Å²) in [7, 11) is 0. The number of ether oxygens (including phenoxy) is 2. The monoisotopic (exact) mass is 414 g/mol. The van der Waals surface area contributed by atoms with E-state index in [1.807, 2.05) is 0 Å². The van der Waals surface area contributed by atoms with Crippen LogP contribution in [0.25, 0.3) is 11.3 Å². The van der Waals surface area contributed by atoms with Gasteiger partial charge in [0.25, 0.3) is 5.22 Å². The Morgan fingerprint density at radius 1 is 1.17 bits per heavy atom. The van der Waals surface area contributed by atoms with Crippen LogP contribution in [0.4, 0.5) is 10.1 Å². The molecule has 0 unspecified atom stereocenters. The number of carbonyl (C=O) groups excluding carboxylic acids is 2. The van der Waals surface area contributed by atoms with E-state index in [2.05, 4.69) is 10.3 Å². The van der Waals surface area contributed by atoms with Crippen molar-refractivity contribution in [3.8, 4) is 22.8 Å². The minimum absolute atomic E-state index is 0.0230. The molecule has 1 aliphatic heterocycles. The van der Waals surface area contributed by atoms with E-state index in [4.69, 9.17) is 13.9 Å². The summed E-state index contributed by atoms with van der Waals surface area (Å²) in [6, 6.07) is 8.95. The van der Waals surface area contributed by atoms with Crippen molar-refractivity contribution in [2.45, 2.75) is 12.1 Å². The molecule has 0 spiro atoms. The smallest absolute Gasteiger partial charge is 0.256 e. The number of nitrogens with one attached hydrogen (secondary N) is 1. The van der Waals surface area contributed by atoms with Crippen molar-refractivity contribution >= 4 is 29.1 Å². The zero-order valence-electron chi connectivity index (χ0n) is 15.2. The van der Waals surface area contributed by atoms with E-state index in [-0.39, 0.29) is 30.1 Å². The van der Waals surface area contributed by atoms with Crippen molar-refractivity contribution in [1.82, 2.24) is 4.98 Å². The molecule has 2 aromatic carbocycles. The largest absolute Gasteiger partial charge is 0.454 e. The number of hydrogen-bond acceptors (Lipinski definition) is 7. The van der Waals surface area contributed by atoms with Gasteiger partial charge in [-0.25, -0.2) is 9.37 Å². The van der Waals surface area contributed by atoms with Crippen molar-refractivity contribution in [2.24, 2.45) is 0 Å². The number of Topliss-reactive ketones (excluding diaryl/α,β-unsaturated/α-hetero) is 1. The van der Waals surface area contributed by atoms with Crippen LogP contribution in [0, 0.1) is 5.82 Å². The van der Waals surface area contributed by atoms with Crippen LogP contribution in [-0.2, 0) is 4.79 Å². The van der Waals surface area contributed by atoms with Gasteiger partial charge < -0.3 is 19.2 Å². The molecule has 4 rings (SSSR count). The number of aromatic nitrogens is 1. The van der Waals surface area contributed by atoms with Crippen molar-refractivity contribution in [2.75, 3.05) is 17.9 Å². The first-order valence-corrected chi connectivity index (χ1v) is 9.57. The Hall–Kier alpha value is -3.33. The topological polar surface area (TPSA) is 90.7 Å². The molecule has 0 saturated carbocycles. The maximum absolute atomic E-state index is 13.0. The third kappa shape index (κ3) is 4.24. The number of hydrogen-bond donors (Lipinski definition) is 1. The fourth-order valence-electron chi connectivity index (χ4n) is 2.72. The lowest BCUT2D eigenvalue weighted by Crippen LogP contribution is -2.16. The van der Waals surface area contributed by atoms with Crippen LogP contribution in [0.1, 0.15) is 17.3 Å². The molecule has 1 aromatic heterocycles.